The minimum atomic E-state index is 0.795. The Bertz CT molecular complexity index is 822. The molecule has 0 radical (unpaired) electrons. The van der Waals surface area contributed by atoms with E-state index in [-0.39, 0.29) is 0 Å². The Morgan fingerprint density at radius 1 is 1.20 bits per heavy atom. The van der Waals surface area contributed by atoms with Crippen LogP contribution < -0.4 is 4.80 Å². The number of hydrogen-bond acceptors (Lipinski definition) is 4. The maximum atomic E-state index is 5.18. The van der Waals surface area contributed by atoms with Gasteiger partial charge in [0.25, 0.3) is 0 Å². The van der Waals surface area contributed by atoms with Gasteiger partial charge in [-0.2, -0.15) is 5.10 Å². The van der Waals surface area contributed by atoms with Crippen molar-refractivity contribution in [3.05, 3.63) is 59.3 Å². The van der Waals surface area contributed by atoms with E-state index in [4.69, 9.17) is 4.42 Å². The number of thiazole rings is 1. The fourth-order valence-corrected chi connectivity index (χ4v) is 2.80. The third-order valence-corrected chi connectivity index (χ3v) is 3.92. The van der Waals surface area contributed by atoms with Gasteiger partial charge in [0.05, 0.1) is 16.5 Å². The number of aryl methyl sites for hydroxylation is 1. The first-order valence-electron chi connectivity index (χ1n) is 6.16. The van der Waals surface area contributed by atoms with Crippen LogP contribution in [0.15, 0.2) is 63.4 Å². The number of aromatic nitrogens is 1. The second kappa shape index (κ2) is 5.71. The molecule has 0 aliphatic rings. The number of rotatable bonds is 3. The van der Waals surface area contributed by atoms with Crippen LogP contribution in [-0.2, 0) is 7.05 Å². The first-order chi connectivity index (χ1) is 9.84. The smallest absolute Gasteiger partial charge is 0.211 e. The summed E-state index contributed by atoms with van der Waals surface area (Å²) in [5, 5.41) is 8.29. The molecule has 0 amide bonds. The molecule has 0 fully saturated rings. The molecule has 0 aliphatic carbocycles. The minimum absolute atomic E-state index is 0.795. The van der Waals surface area contributed by atoms with Crippen LogP contribution >= 0.6 is 11.3 Å². The van der Waals surface area contributed by atoms with Gasteiger partial charge in [0.15, 0.2) is 0 Å². The van der Waals surface area contributed by atoms with E-state index in [1.165, 1.54) is 4.70 Å². The summed E-state index contributed by atoms with van der Waals surface area (Å²) in [4.78, 5) is 0.869. The van der Waals surface area contributed by atoms with E-state index < -0.39 is 0 Å². The predicted octanol–water partition coefficient (Wildman–Crippen LogP) is 3.43. The normalized spacial score (nSPS) is 13.2. The third kappa shape index (κ3) is 2.62. The average Bonchev–Trinajstić information content (AvgIpc) is 3.08. The number of hydrogen-bond donors (Lipinski definition) is 0. The van der Waals surface area contributed by atoms with Crippen molar-refractivity contribution in [2.75, 3.05) is 0 Å². The van der Waals surface area contributed by atoms with Gasteiger partial charge < -0.3 is 8.98 Å². The summed E-state index contributed by atoms with van der Waals surface area (Å²) in [5.74, 6) is 0.795. The monoisotopic (exact) mass is 283 g/mol. The molecule has 4 nitrogen and oxygen atoms in total. The van der Waals surface area contributed by atoms with Crippen molar-refractivity contribution in [1.29, 1.82) is 0 Å². The Labute approximate surface area is 120 Å². The molecule has 2 aromatic heterocycles. The zero-order valence-corrected chi connectivity index (χ0v) is 11.7. The van der Waals surface area contributed by atoms with Crippen LogP contribution in [0.3, 0.4) is 0 Å². The van der Waals surface area contributed by atoms with Crippen LogP contribution in [-0.4, -0.2) is 10.8 Å². The number of fused-ring (bicyclic) bond motifs is 1. The van der Waals surface area contributed by atoms with E-state index in [0.29, 0.717) is 0 Å². The molecule has 0 saturated heterocycles. The Hall–Kier alpha value is -2.40. The summed E-state index contributed by atoms with van der Waals surface area (Å²) in [6, 6.07) is 11.9. The Morgan fingerprint density at radius 2 is 2.10 bits per heavy atom. The lowest BCUT2D eigenvalue weighted by Gasteiger charge is -1.92. The van der Waals surface area contributed by atoms with Gasteiger partial charge in [0.1, 0.15) is 5.76 Å². The van der Waals surface area contributed by atoms with Crippen LogP contribution in [0.4, 0.5) is 0 Å². The average molecular weight is 283 g/mol. The quantitative estimate of drug-likeness (QED) is 0.536. The number of nitrogens with zero attached hydrogens (tertiary/aromatic N) is 3. The number of allylic oxidation sites excluding steroid dienone is 1. The van der Waals surface area contributed by atoms with Crippen molar-refractivity contribution in [2.24, 2.45) is 17.3 Å². The largest absolute Gasteiger partial charge is 0.465 e. The molecule has 0 unspecified atom stereocenters. The molecule has 0 aliphatic heterocycles. The number of benzene rings is 1. The van der Waals surface area contributed by atoms with Gasteiger partial charge in [-0.05, 0) is 36.4 Å². The van der Waals surface area contributed by atoms with E-state index in [9.17, 15) is 0 Å². The first kappa shape index (κ1) is 12.6. The summed E-state index contributed by atoms with van der Waals surface area (Å²) in [7, 11) is 1.99. The van der Waals surface area contributed by atoms with Gasteiger partial charge in [-0.15, -0.1) is 5.10 Å². The molecule has 2 heterocycles. The van der Waals surface area contributed by atoms with E-state index in [2.05, 4.69) is 22.3 Å². The lowest BCUT2D eigenvalue weighted by Crippen LogP contribution is -2.08. The van der Waals surface area contributed by atoms with Gasteiger partial charge in [0.2, 0.25) is 4.80 Å². The molecule has 100 valence electrons. The molecule has 0 atom stereocenters. The third-order valence-electron chi connectivity index (χ3n) is 2.81. The van der Waals surface area contributed by atoms with Crippen LogP contribution in [0.2, 0.25) is 0 Å². The van der Waals surface area contributed by atoms with Gasteiger partial charge in [-0.1, -0.05) is 23.5 Å². The van der Waals surface area contributed by atoms with E-state index in [1.807, 2.05) is 42.0 Å². The molecular weight excluding hydrogens is 270 g/mol. The zero-order chi connectivity index (χ0) is 13.8. The molecule has 1 aromatic carbocycles. The fraction of sp³-hybridized carbons (Fsp3) is 0.0667. The highest BCUT2D eigenvalue weighted by atomic mass is 32.1. The topological polar surface area (TPSA) is 42.8 Å². The van der Waals surface area contributed by atoms with Gasteiger partial charge >= 0.3 is 0 Å². The lowest BCUT2D eigenvalue weighted by atomic mass is 10.3. The van der Waals surface area contributed by atoms with E-state index in [0.717, 1.165) is 16.1 Å². The number of para-hydroxylation sites is 1. The first-order valence-corrected chi connectivity index (χ1v) is 6.98. The Balaban J connectivity index is 1.82. The summed E-state index contributed by atoms with van der Waals surface area (Å²) >= 11 is 1.62. The molecule has 0 bridgehead atoms. The molecule has 20 heavy (non-hydrogen) atoms. The highest BCUT2D eigenvalue weighted by molar-refractivity contribution is 7.16. The lowest BCUT2D eigenvalue weighted by molar-refractivity contribution is 0.557. The molecule has 5 heteroatoms. The summed E-state index contributed by atoms with van der Waals surface area (Å²) in [5.41, 5.74) is 1.16. The van der Waals surface area contributed by atoms with Crippen molar-refractivity contribution in [3.63, 3.8) is 0 Å². The molecule has 0 saturated carbocycles. The molecular formula is C15H13N3OS. The fourth-order valence-electron chi connectivity index (χ4n) is 1.82. The van der Waals surface area contributed by atoms with E-state index in [1.54, 1.807) is 29.9 Å². The summed E-state index contributed by atoms with van der Waals surface area (Å²) in [6.07, 6.45) is 6.92. The zero-order valence-electron chi connectivity index (χ0n) is 10.9. The second-order valence-corrected chi connectivity index (χ2v) is 5.16. The van der Waals surface area contributed by atoms with Crippen LogP contribution in [0.1, 0.15) is 5.76 Å². The molecule has 3 rings (SSSR count). The van der Waals surface area contributed by atoms with Gasteiger partial charge in [0, 0.05) is 13.3 Å². The van der Waals surface area contributed by atoms with Crippen molar-refractivity contribution in [1.82, 2.24) is 4.57 Å². The summed E-state index contributed by atoms with van der Waals surface area (Å²) < 4.78 is 8.42. The molecule has 3 aromatic rings. The van der Waals surface area contributed by atoms with Crippen molar-refractivity contribution < 1.29 is 4.42 Å². The number of furan rings is 1. The Kier molecular flexibility index (Phi) is 3.60. The van der Waals surface area contributed by atoms with Crippen molar-refractivity contribution in [3.8, 4) is 0 Å². The SMILES string of the molecule is Cn1\c(=N/N=C\C=C\c2ccco2)sc2ccccc21. The van der Waals surface area contributed by atoms with E-state index >= 15 is 0 Å². The van der Waals surface area contributed by atoms with Crippen LogP contribution in [0.25, 0.3) is 16.3 Å². The van der Waals surface area contributed by atoms with Gasteiger partial charge in [-0.3, -0.25) is 0 Å². The van der Waals surface area contributed by atoms with Crippen LogP contribution in [0.5, 0.6) is 0 Å². The van der Waals surface area contributed by atoms with Crippen LogP contribution in [0, 0.1) is 0 Å². The standard InChI is InChI=1S/C15H13N3OS/c1-18-13-8-2-3-9-14(13)20-15(18)17-16-10-4-6-12-7-5-11-19-12/h2-11H,1H3/b6-4+,16-10-,17-15+. The molecule has 0 spiro atoms. The molecule has 0 N–H and O–H groups in total. The predicted molar refractivity (Wildman–Crippen MR) is 82.6 cm³/mol. The highest BCUT2D eigenvalue weighted by Crippen LogP contribution is 2.14. The highest BCUT2D eigenvalue weighted by Gasteiger charge is 1.99. The van der Waals surface area contributed by atoms with Crippen molar-refractivity contribution in [2.45, 2.75) is 0 Å². The maximum Gasteiger partial charge on any atom is 0.211 e. The summed E-state index contributed by atoms with van der Waals surface area (Å²) in [6.45, 7) is 0. The Morgan fingerprint density at radius 3 is 2.90 bits per heavy atom. The minimum Gasteiger partial charge on any atom is -0.465 e. The van der Waals surface area contributed by atoms with Gasteiger partial charge in [-0.25, -0.2) is 0 Å². The maximum absolute atomic E-state index is 5.18. The van der Waals surface area contributed by atoms with Crippen molar-refractivity contribution >= 4 is 33.8 Å². The second-order valence-electron chi connectivity index (χ2n) is 4.15.